The number of isothiocyanates is 1. The Kier molecular flexibility index (Phi) is 18.3. The van der Waals surface area contributed by atoms with Crippen molar-refractivity contribution >= 4 is 91.9 Å². The Morgan fingerprint density at radius 2 is 0.930 bits per heavy atom. The molecule has 0 bridgehead atoms. The molecule has 0 amide bonds. The molecule has 3 aromatic carbocycles. The normalized spacial score (nSPS) is 11.3. The van der Waals surface area contributed by atoms with Gasteiger partial charge in [0.05, 0.1) is 33.7 Å². The molecule has 8 N–H and O–H groups in total. The Labute approximate surface area is 268 Å². The van der Waals surface area contributed by atoms with Crippen molar-refractivity contribution in [3.8, 4) is 0 Å². The summed E-state index contributed by atoms with van der Waals surface area (Å²) in [7, 11) is 0. The third kappa shape index (κ3) is 16.9. The van der Waals surface area contributed by atoms with Crippen LogP contribution in [0.15, 0.2) is 116 Å². The molecule has 0 aliphatic heterocycles. The fourth-order valence-corrected chi connectivity index (χ4v) is 2.97. The van der Waals surface area contributed by atoms with E-state index in [1.165, 1.54) is 0 Å². The quantitative estimate of drug-likeness (QED) is 0.0819. The lowest BCUT2D eigenvalue weighted by Gasteiger charge is -2.09. The van der Waals surface area contributed by atoms with Crippen LogP contribution < -0.4 is 33.2 Å². The predicted molar refractivity (Wildman–Crippen MR) is 194 cm³/mol. The fourth-order valence-electron chi connectivity index (χ4n) is 2.53. The topological polar surface area (TPSA) is 162 Å². The number of rotatable bonds is 7. The number of aliphatic imine (C=N–C) groups is 1. The molecule has 11 nitrogen and oxygen atoms in total. The average Bonchev–Trinajstić information content (AvgIpc) is 3.04. The van der Waals surface area contributed by atoms with E-state index in [1.807, 2.05) is 105 Å². The highest BCUT2D eigenvalue weighted by Gasteiger charge is 2.01. The second kappa shape index (κ2) is 21.8. The summed E-state index contributed by atoms with van der Waals surface area (Å²) in [4.78, 5) is 3.77. The standard InChI is InChI=1S/C18H20N6S2.C7H5NS.C4H10N4/c1-13(21-23-17(25)19-15-9-5-3-6-10-15)14(2)22-24-18(26)20-16-11-7-4-8-12-16;9-6-8-7-4-2-1-3-5-7;1-3(7-5)4(2)8-6/h3-12H,1-2H3,(H2,19,23,25)(H2,20,24,26);1-5H;5-6H2,1-2H3/b21-13+,22-14+;;7-3+,8-4+. The number of nitrogens with two attached hydrogens (primary N) is 2. The number of benzene rings is 3. The first-order valence-corrected chi connectivity index (χ1v) is 13.9. The van der Waals surface area contributed by atoms with Crippen LogP contribution in [0.3, 0.4) is 0 Å². The minimum Gasteiger partial charge on any atom is -0.331 e. The first-order chi connectivity index (χ1) is 20.7. The number of hydrogen-bond donors (Lipinski definition) is 6. The zero-order chi connectivity index (χ0) is 31.9. The van der Waals surface area contributed by atoms with Crippen LogP contribution in [0.5, 0.6) is 0 Å². The van der Waals surface area contributed by atoms with Crippen LogP contribution in [-0.2, 0) is 0 Å². The maximum Gasteiger partial charge on any atom is 0.191 e. The van der Waals surface area contributed by atoms with Crippen LogP contribution in [0, 0.1) is 0 Å². The Bertz CT molecular complexity index is 1370. The summed E-state index contributed by atoms with van der Waals surface area (Å²) in [5.41, 5.74) is 10.9. The molecule has 0 heterocycles. The minimum absolute atomic E-state index is 0.401. The van der Waals surface area contributed by atoms with E-state index < -0.39 is 0 Å². The van der Waals surface area contributed by atoms with Gasteiger partial charge in [-0.1, -0.05) is 54.6 Å². The van der Waals surface area contributed by atoms with Crippen LogP contribution in [0.25, 0.3) is 0 Å². The summed E-state index contributed by atoms with van der Waals surface area (Å²) in [5, 5.41) is 24.3. The van der Waals surface area contributed by atoms with Gasteiger partial charge >= 0.3 is 0 Å². The van der Waals surface area contributed by atoms with Crippen LogP contribution in [0.4, 0.5) is 17.1 Å². The van der Waals surface area contributed by atoms with Gasteiger partial charge in [0, 0.05) is 11.4 Å². The summed E-state index contributed by atoms with van der Waals surface area (Å²) in [6.45, 7) is 7.13. The van der Waals surface area contributed by atoms with Crippen molar-refractivity contribution in [1.82, 2.24) is 10.9 Å². The molecule has 224 valence electrons. The van der Waals surface area contributed by atoms with Gasteiger partial charge in [-0.05, 0) is 101 Å². The molecule has 0 radical (unpaired) electrons. The van der Waals surface area contributed by atoms with Crippen LogP contribution in [-0.4, -0.2) is 38.2 Å². The lowest BCUT2D eigenvalue weighted by Crippen LogP contribution is -2.28. The Hall–Kier alpha value is -4.88. The Morgan fingerprint density at radius 3 is 1.26 bits per heavy atom. The van der Waals surface area contributed by atoms with Crippen molar-refractivity contribution in [3.63, 3.8) is 0 Å². The van der Waals surface area contributed by atoms with Crippen LogP contribution >= 0.6 is 36.7 Å². The van der Waals surface area contributed by atoms with Gasteiger partial charge in [-0.2, -0.15) is 25.4 Å². The summed E-state index contributed by atoms with van der Waals surface area (Å²) in [6.07, 6.45) is 0. The molecule has 0 fully saturated rings. The van der Waals surface area contributed by atoms with E-state index >= 15 is 0 Å². The SMILES string of the molecule is CC(=N\N)/C(C)=N/N.CC(=N\NC(=S)Nc1ccccc1)/C(C)=N/NC(=S)Nc1ccccc1.S=C=Nc1ccccc1. The number of nitrogens with zero attached hydrogens (tertiary/aromatic N) is 5. The fraction of sp³-hybridized carbons (Fsp3) is 0.138. The van der Waals surface area contributed by atoms with E-state index in [0.717, 1.165) is 17.1 Å². The smallest absolute Gasteiger partial charge is 0.191 e. The van der Waals surface area contributed by atoms with Crippen molar-refractivity contribution in [2.75, 3.05) is 10.6 Å². The van der Waals surface area contributed by atoms with Crippen LogP contribution in [0.2, 0.25) is 0 Å². The highest BCUT2D eigenvalue weighted by molar-refractivity contribution is 7.80. The number of hydrogen-bond acceptors (Lipinski definition) is 10. The van der Waals surface area contributed by atoms with Gasteiger partial charge in [-0.15, -0.1) is 0 Å². The number of nitrogens with one attached hydrogen (secondary N) is 4. The molecule has 0 unspecified atom stereocenters. The van der Waals surface area contributed by atoms with E-state index in [0.29, 0.717) is 33.1 Å². The Balaban J connectivity index is 0.000000441. The van der Waals surface area contributed by atoms with Crippen molar-refractivity contribution in [1.29, 1.82) is 0 Å². The first kappa shape index (κ1) is 36.1. The number of hydrazone groups is 4. The molecule has 0 aromatic heterocycles. The molecule has 0 aliphatic carbocycles. The maximum absolute atomic E-state index is 5.20. The minimum atomic E-state index is 0.401. The number of thiocarbonyl (C=S) groups is 3. The molecular formula is C29H35N11S3. The van der Waals surface area contributed by atoms with Gasteiger partial charge in [0.2, 0.25) is 0 Å². The summed E-state index contributed by atoms with van der Waals surface area (Å²) in [6, 6.07) is 28.7. The van der Waals surface area contributed by atoms with Crippen molar-refractivity contribution in [3.05, 3.63) is 91.0 Å². The van der Waals surface area contributed by atoms with Gasteiger partial charge in [0.25, 0.3) is 0 Å². The van der Waals surface area contributed by atoms with Crippen LogP contribution in [0.1, 0.15) is 27.7 Å². The van der Waals surface area contributed by atoms with Crippen molar-refractivity contribution < 1.29 is 0 Å². The highest BCUT2D eigenvalue weighted by atomic mass is 32.1. The zero-order valence-corrected chi connectivity index (χ0v) is 26.7. The molecule has 43 heavy (non-hydrogen) atoms. The second-order valence-corrected chi connectivity index (χ2v) is 9.23. The summed E-state index contributed by atoms with van der Waals surface area (Å²) >= 11 is 14.8. The van der Waals surface area contributed by atoms with E-state index in [9.17, 15) is 0 Å². The maximum atomic E-state index is 5.20. The first-order valence-electron chi connectivity index (χ1n) is 12.6. The molecule has 3 rings (SSSR count). The molecule has 0 atom stereocenters. The third-order valence-corrected chi connectivity index (χ3v) is 5.56. The zero-order valence-electron chi connectivity index (χ0n) is 24.3. The van der Waals surface area contributed by atoms with Gasteiger partial charge in [0.1, 0.15) is 0 Å². The molecule has 0 aliphatic rings. The number of para-hydroxylation sites is 3. The van der Waals surface area contributed by atoms with E-state index in [4.69, 9.17) is 36.1 Å². The molecular weight excluding hydrogens is 599 g/mol. The molecule has 0 saturated heterocycles. The average molecular weight is 634 g/mol. The van der Waals surface area contributed by atoms with E-state index in [1.54, 1.807) is 13.8 Å². The van der Waals surface area contributed by atoms with Crippen molar-refractivity contribution in [2.24, 2.45) is 37.1 Å². The van der Waals surface area contributed by atoms with Gasteiger partial charge < -0.3 is 22.3 Å². The predicted octanol–water partition coefficient (Wildman–Crippen LogP) is 5.79. The largest absolute Gasteiger partial charge is 0.331 e. The molecule has 14 heteroatoms. The highest BCUT2D eigenvalue weighted by Crippen LogP contribution is 2.07. The number of anilines is 2. The lowest BCUT2D eigenvalue weighted by molar-refractivity contribution is 1.02. The molecule has 3 aromatic rings. The summed E-state index contributed by atoms with van der Waals surface area (Å²) < 4.78 is 0. The monoisotopic (exact) mass is 633 g/mol. The molecule has 0 saturated carbocycles. The van der Waals surface area contributed by atoms with E-state index in [-0.39, 0.29) is 0 Å². The summed E-state index contributed by atoms with van der Waals surface area (Å²) in [5.74, 6) is 9.80. The van der Waals surface area contributed by atoms with Gasteiger partial charge in [-0.25, -0.2) is 0 Å². The lowest BCUT2D eigenvalue weighted by atomic mass is 10.3. The second-order valence-electron chi connectivity index (χ2n) is 8.23. The third-order valence-electron chi connectivity index (χ3n) is 5.08. The van der Waals surface area contributed by atoms with E-state index in [2.05, 4.69) is 64.3 Å². The van der Waals surface area contributed by atoms with Gasteiger partial charge in [0.15, 0.2) is 10.2 Å². The van der Waals surface area contributed by atoms with Gasteiger partial charge in [-0.3, -0.25) is 10.9 Å². The Morgan fingerprint density at radius 1 is 0.581 bits per heavy atom. The molecule has 0 spiro atoms. The van der Waals surface area contributed by atoms with Crippen molar-refractivity contribution in [2.45, 2.75) is 27.7 Å².